The highest BCUT2D eigenvalue weighted by atomic mass is 32.1. The SMILES string of the molecule is NC(=O)C(O)(Cc1cccs1)c1ccccc1. The quantitative estimate of drug-likeness (QED) is 0.863. The molecule has 88 valence electrons. The second kappa shape index (κ2) is 4.69. The summed E-state index contributed by atoms with van der Waals surface area (Å²) in [6.07, 6.45) is 0.212. The predicted molar refractivity (Wildman–Crippen MR) is 67.6 cm³/mol. The lowest BCUT2D eigenvalue weighted by atomic mass is 9.89. The Morgan fingerprint density at radius 3 is 2.47 bits per heavy atom. The Hall–Kier alpha value is -1.65. The molecule has 3 N–H and O–H groups in total. The van der Waals surface area contributed by atoms with Crippen molar-refractivity contribution in [3.05, 3.63) is 58.3 Å². The number of benzene rings is 1. The number of hydrogen-bond donors (Lipinski definition) is 2. The number of primary amides is 1. The van der Waals surface area contributed by atoms with Crippen molar-refractivity contribution in [1.29, 1.82) is 0 Å². The third-order valence-electron chi connectivity index (χ3n) is 2.67. The highest BCUT2D eigenvalue weighted by molar-refractivity contribution is 7.09. The summed E-state index contributed by atoms with van der Waals surface area (Å²) >= 11 is 1.49. The maximum atomic E-state index is 11.5. The summed E-state index contributed by atoms with van der Waals surface area (Å²) in [5, 5.41) is 12.4. The number of carbonyl (C=O) groups excluding carboxylic acids is 1. The minimum Gasteiger partial charge on any atom is -0.375 e. The monoisotopic (exact) mass is 247 g/mol. The van der Waals surface area contributed by atoms with Gasteiger partial charge in [-0.25, -0.2) is 0 Å². The third kappa shape index (κ3) is 2.38. The average molecular weight is 247 g/mol. The summed E-state index contributed by atoms with van der Waals surface area (Å²) in [5.41, 5.74) is 4.23. The van der Waals surface area contributed by atoms with Crippen LogP contribution >= 0.6 is 11.3 Å². The molecule has 1 aromatic heterocycles. The van der Waals surface area contributed by atoms with Crippen LogP contribution in [0.3, 0.4) is 0 Å². The molecule has 1 amide bonds. The van der Waals surface area contributed by atoms with Crippen LogP contribution < -0.4 is 5.73 Å². The molecule has 17 heavy (non-hydrogen) atoms. The number of aliphatic hydroxyl groups is 1. The van der Waals surface area contributed by atoms with Crippen molar-refractivity contribution in [1.82, 2.24) is 0 Å². The van der Waals surface area contributed by atoms with Crippen molar-refractivity contribution in [2.75, 3.05) is 0 Å². The average Bonchev–Trinajstić information content (AvgIpc) is 2.82. The van der Waals surface area contributed by atoms with Crippen LogP contribution in [-0.4, -0.2) is 11.0 Å². The van der Waals surface area contributed by atoms with Gasteiger partial charge >= 0.3 is 0 Å². The first kappa shape index (κ1) is 11.8. The van der Waals surface area contributed by atoms with E-state index in [1.807, 2.05) is 23.6 Å². The Morgan fingerprint density at radius 1 is 1.24 bits per heavy atom. The molecule has 3 nitrogen and oxygen atoms in total. The lowest BCUT2D eigenvalue weighted by Crippen LogP contribution is -2.42. The van der Waals surface area contributed by atoms with Gasteiger partial charge in [0.15, 0.2) is 5.60 Å². The molecule has 0 bridgehead atoms. The molecule has 0 aliphatic heterocycles. The highest BCUT2D eigenvalue weighted by Crippen LogP contribution is 2.27. The van der Waals surface area contributed by atoms with E-state index in [-0.39, 0.29) is 6.42 Å². The van der Waals surface area contributed by atoms with E-state index in [4.69, 9.17) is 5.73 Å². The summed E-state index contributed by atoms with van der Waals surface area (Å²) in [5.74, 6) is -0.725. The normalized spacial score (nSPS) is 14.2. The highest BCUT2D eigenvalue weighted by Gasteiger charge is 2.36. The molecule has 0 aliphatic carbocycles. The Morgan fingerprint density at radius 2 is 1.94 bits per heavy atom. The van der Waals surface area contributed by atoms with Gasteiger partial charge in [0.2, 0.25) is 0 Å². The number of hydrogen-bond acceptors (Lipinski definition) is 3. The van der Waals surface area contributed by atoms with E-state index in [1.165, 1.54) is 11.3 Å². The van der Waals surface area contributed by atoms with E-state index >= 15 is 0 Å². The molecule has 1 atom stereocenters. The number of carbonyl (C=O) groups is 1. The fraction of sp³-hybridized carbons (Fsp3) is 0.154. The van der Waals surface area contributed by atoms with E-state index in [0.29, 0.717) is 5.56 Å². The second-order valence-electron chi connectivity index (χ2n) is 3.85. The van der Waals surface area contributed by atoms with Gasteiger partial charge in [0.05, 0.1) is 0 Å². The zero-order valence-corrected chi connectivity index (χ0v) is 9.98. The molecule has 1 aromatic carbocycles. The van der Waals surface area contributed by atoms with Gasteiger partial charge in [-0.05, 0) is 17.0 Å². The standard InChI is InChI=1S/C13H13NO2S/c14-12(15)13(16,9-11-7-4-8-17-11)10-5-2-1-3-6-10/h1-8,16H,9H2,(H2,14,15). The first-order valence-corrected chi connectivity index (χ1v) is 6.11. The van der Waals surface area contributed by atoms with Crippen LogP contribution in [-0.2, 0) is 16.8 Å². The summed E-state index contributed by atoms with van der Waals surface area (Å²) < 4.78 is 0. The molecule has 1 unspecified atom stereocenters. The molecule has 2 aromatic rings. The van der Waals surface area contributed by atoms with Gasteiger partial charge in [-0.15, -0.1) is 11.3 Å². The van der Waals surface area contributed by atoms with Gasteiger partial charge in [-0.2, -0.15) is 0 Å². The largest absolute Gasteiger partial charge is 0.375 e. The first-order valence-electron chi connectivity index (χ1n) is 5.23. The molecule has 4 heteroatoms. The molecule has 0 fully saturated rings. The number of amides is 1. The Kier molecular flexibility index (Phi) is 3.26. The van der Waals surface area contributed by atoms with Crippen molar-refractivity contribution in [3.8, 4) is 0 Å². The molecular weight excluding hydrogens is 234 g/mol. The molecular formula is C13H13NO2S. The maximum absolute atomic E-state index is 11.5. The molecule has 0 aliphatic rings. The summed E-state index contributed by atoms with van der Waals surface area (Å²) in [6, 6.07) is 12.6. The Balaban J connectivity index is 2.37. The van der Waals surface area contributed by atoms with Gasteiger partial charge in [0.25, 0.3) is 5.91 Å². The van der Waals surface area contributed by atoms with Crippen LogP contribution in [0.4, 0.5) is 0 Å². The van der Waals surface area contributed by atoms with E-state index in [1.54, 1.807) is 24.3 Å². The van der Waals surface area contributed by atoms with Crippen molar-refractivity contribution in [2.24, 2.45) is 5.73 Å². The summed E-state index contributed by atoms with van der Waals surface area (Å²) in [6.45, 7) is 0. The molecule has 0 radical (unpaired) electrons. The molecule has 0 saturated heterocycles. The summed E-state index contributed by atoms with van der Waals surface area (Å²) in [7, 11) is 0. The van der Waals surface area contributed by atoms with Gasteiger partial charge in [-0.1, -0.05) is 36.4 Å². The van der Waals surface area contributed by atoms with Crippen molar-refractivity contribution in [2.45, 2.75) is 12.0 Å². The van der Waals surface area contributed by atoms with E-state index in [9.17, 15) is 9.90 Å². The second-order valence-corrected chi connectivity index (χ2v) is 4.88. The van der Waals surface area contributed by atoms with Crippen LogP contribution in [0.25, 0.3) is 0 Å². The van der Waals surface area contributed by atoms with Crippen LogP contribution in [0.15, 0.2) is 47.8 Å². The van der Waals surface area contributed by atoms with Crippen LogP contribution in [0, 0.1) is 0 Å². The molecule has 2 rings (SSSR count). The van der Waals surface area contributed by atoms with E-state index < -0.39 is 11.5 Å². The minimum atomic E-state index is -1.63. The summed E-state index contributed by atoms with van der Waals surface area (Å²) in [4.78, 5) is 12.5. The number of rotatable bonds is 4. The Bertz CT molecular complexity index is 495. The first-order chi connectivity index (χ1) is 8.13. The fourth-order valence-corrected chi connectivity index (χ4v) is 2.49. The number of thiophene rings is 1. The third-order valence-corrected chi connectivity index (χ3v) is 3.55. The van der Waals surface area contributed by atoms with Crippen molar-refractivity contribution >= 4 is 17.2 Å². The molecule has 0 saturated carbocycles. The van der Waals surface area contributed by atoms with Crippen LogP contribution in [0.1, 0.15) is 10.4 Å². The van der Waals surface area contributed by atoms with Gasteiger partial charge in [0.1, 0.15) is 0 Å². The van der Waals surface area contributed by atoms with Crippen molar-refractivity contribution < 1.29 is 9.90 Å². The zero-order valence-electron chi connectivity index (χ0n) is 9.17. The number of nitrogens with two attached hydrogens (primary N) is 1. The fourth-order valence-electron chi connectivity index (χ4n) is 1.71. The lowest BCUT2D eigenvalue weighted by Gasteiger charge is -2.24. The van der Waals surface area contributed by atoms with E-state index in [0.717, 1.165) is 4.88 Å². The maximum Gasteiger partial charge on any atom is 0.254 e. The van der Waals surface area contributed by atoms with Crippen LogP contribution in [0.5, 0.6) is 0 Å². The minimum absolute atomic E-state index is 0.212. The lowest BCUT2D eigenvalue weighted by molar-refractivity contribution is -0.137. The topological polar surface area (TPSA) is 63.3 Å². The van der Waals surface area contributed by atoms with Gasteiger partial charge < -0.3 is 10.8 Å². The predicted octanol–water partition coefficient (Wildman–Crippen LogP) is 1.66. The van der Waals surface area contributed by atoms with E-state index in [2.05, 4.69) is 0 Å². The smallest absolute Gasteiger partial charge is 0.254 e. The zero-order chi connectivity index (χ0) is 12.3. The molecule has 0 spiro atoms. The van der Waals surface area contributed by atoms with Gasteiger partial charge in [0, 0.05) is 11.3 Å². The van der Waals surface area contributed by atoms with Gasteiger partial charge in [-0.3, -0.25) is 4.79 Å². The van der Waals surface area contributed by atoms with Crippen LogP contribution in [0.2, 0.25) is 0 Å². The Labute approximate surface area is 104 Å². The molecule has 1 heterocycles. The van der Waals surface area contributed by atoms with Crippen molar-refractivity contribution in [3.63, 3.8) is 0 Å².